The van der Waals surface area contributed by atoms with Gasteiger partial charge in [0.15, 0.2) is 0 Å². The third-order valence-corrected chi connectivity index (χ3v) is 3.55. The summed E-state index contributed by atoms with van der Waals surface area (Å²) in [5.41, 5.74) is 0.551. The highest BCUT2D eigenvalue weighted by molar-refractivity contribution is 7.84. The topological polar surface area (TPSA) is 131 Å². The van der Waals surface area contributed by atoms with Gasteiger partial charge in [-0.15, -0.1) is 0 Å². The van der Waals surface area contributed by atoms with Crippen LogP contribution in [0.5, 0.6) is 11.5 Å². The van der Waals surface area contributed by atoms with Gasteiger partial charge in [-0.3, -0.25) is 0 Å². The molecule has 3 rings (SSSR count). The number of nitrogens with two attached hydrogens (primary N) is 1. The number of carboxylic acids is 1. The van der Waals surface area contributed by atoms with Crippen LogP contribution >= 0.6 is 0 Å². The van der Waals surface area contributed by atoms with E-state index in [1.165, 1.54) is 10.5 Å². The minimum atomic E-state index is -4.26. The first-order chi connectivity index (χ1) is 10.3. The van der Waals surface area contributed by atoms with Crippen LogP contribution in [-0.4, -0.2) is 29.0 Å². The summed E-state index contributed by atoms with van der Waals surface area (Å²) in [5, 5.41) is 24.3. The van der Waals surface area contributed by atoms with Gasteiger partial charge in [0.05, 0.1) is 22.0 Å². The average molecular weight is 322 g/mol. The van der Waals surface area contributed by atoms with Crippen molar-refractivity contribution in [1.29, 1.82) is 0 Å². The molecule has 8 nitrogen and oxygen atoms in total. The maximum atomic E-state index is 11.5. The van der Waals surface area contributed by atoms with E-state index in [1.807, 2.05) is 0 Å². The Bertz CT molecular complexity index is 1020. The van der Waals surface area contributed by atoms with Crippen LogP contribution in [0.1, 0.15) is 10.4 Å². The third-order valence-electron chi connectivity index (χ3n) is 3.12. The second-order valence-corrected chi connectivity index (χ2v) is 5.70. The lowest BCUT2D eigenvalue weighted by molar-refractivity contribution is 0.0700. The van der Waals surface area contributed by atoms with Crippen LogP contribution in [0.4, 0.5) is 0 Å². The highest BCUT2D eigenvalue weighted by Crippen LogP contribution is 2.37. The Kier molecular flexibility index (Phi) is 2.97. The van der Waals surface area contributed by atoms with Crippen molar-refractivity contribution >= 4 is 32.7 Å². The van der Waals surface area contributed by atoms with E-state index in [9.17, 15) is 23.4 Å². The summed E-state index contributed by atoms with van der Waals surface area (Å²) < 4.78 is 28.0. The van der Waals surface area contributed by atoms with Gasteiger partial charge in [0.25, 0.3) is 0 Å². The fourth-order valence-corrected chi connectivity index (χ4v) is 2.78. The van der Waals surface area contributed by atoms with Crippen LogP contribution in [0.3, 0.4) is 0 Å². The molecule has 9 heteroatoms. The molecule has 0 saturated carbocycles. The normalized spacial score (nSPS) is 11.9. The number of pyridine rings is 1. The molecule has 0 aliphatic heterocycles. The number of aromatic carboxylic acids is 1. The van der Waals surface area contributed by atoms with Crippen molar-refractivity contribution < 1.29 is 27.6 Å². The number of benzene rings is 1. The van der Waals surface area contributed by atoms with Crippen molar-refractivity contribution in [3.8, 4) is 11.5 Å². The van der Waals surface area contributed by atoms with Gasteiger partial charge in [-0.2, -0.15) is 13.6 Å². The first-order valence-corrected chi connectivity index (χ1v) is 7.46. The van der Waals surface area contributed by atoms with E-state index in [0.717, 1.165) is 6.07 Å². The third kappa shape index (κ3) is 2.22. The minimum Gasteiger partial charge on any atom is -0.507 e. The van der Waals surface area contributed by atoms with Crippen molar-refractivity contribution in [3.63, 3.8) is 0 Å². The Morgan fingerprint density at radius 3 is 2.59 bits per heavy atom. The zero-order chi connectivity index (χ0) is 16.1. The number of phenolic OH excluding ortho intramolecular Hbond substituents is 1. The number of carbonyl (C=O) groups is 1. The number of aromatic hydroxyl groups is 1. The first kappa shape index (κ1) is 14.2. The number of hydrogen-bond donors (Lipinski definition) is 3. The first-order valence-electron chi connectivity index (χ1n) is 5.99. The smallest absolute Gasteiger partial charge is 0.380 e. The molecule has 114 valence electrons. The number of rotatable bonds is 3. The SMILES string of the molecule is NS(=O)(=O)Oc1cc(O)c2c(C(=O)O)c3ccccn3c2c1. The highest BCUT2D eigenvalue weighted by atomic mass is 32.2. The molecule has 0 atom stereocenters. The molecule has 0 aliphatic carbocycles. The van der Waals surface area contributed by atoms with E-state index in [0.29, 0.717) is 5.52 Å². The average Bonchev–Trinajstić information content (AvgIpc) is 2.72. The van der Waals surface area contributed by atoms with Gasteiger partial charge in [-0.05, 0) is 12.1 Å². The lowest BCUT2D eigenvalue weighted by Gasteiger charge is -2.05. The van der Waals surface area contributed by atoms with Gasteiger partial charge in [0.2, 0.25) is 0 Å². The van der Waals surface area contributed by atoms with E-state index in [1.54, 1.807) is 24.4 Å². The lowest BCUT2D eigenvalue weighted by atomic mass is 10.1. The Hall–Kier alpha value is -2.78. The molecule has 2 heterocycles. The Labute approximate surface area is 124 Å². The molecular weight excluding hydrogens is 312 g/mol. The number of aromatic nitrogens is 1. The number of hydrogen-bond acceptors (Lipinski definition) is 5. The Morgan fingerprint density at radius 2 is 1.95 bits per heavy atom. The maximum Gasteiger partial charge on any atom is 0.380 e. The fraction of sp³-hybridized carbons (Fsp3) is 0. The molecule has 0 radical (unpaired) electrons. The van der Waals surface area contributed by atoms with Gasteiger partial charge in [-0.25, -0.2) is 4.79 Å². The van der Waals surface area contributed by atoms with Gasteiger partial charge in [-0.1, -0.05) is 6.07 Å². The van der Waals surface area contributed by atoms with Crippen LogP contribution in [0, 0.1) is 0 Å². The van der Waals surface area contributed by atoms with Gasteiger partial charge >= 0.3 is 16.3 Å². The summed E-state index contributed by atoms with van der Waals surface area (Å²) in [6.07, 6.45) is 1.59. The summed E-state index contributed by atoms with van der Waals surface area (Å²) in [6.45, 7) is 0. The van der Waals surface area contributed by atoms with E-state index in [-0.39, 0.29) is 22.2 Å². The quantitative estimate of drug-likeness (QED) is 0.661. The van der Waals surface area contributed by atoms with Crippen LogP contribution < -0.4 is 9.32 Å². The molecule has 0 unspecified atom stereocenters. The van der Waals surface area contributed by atoms with E-state index in [4.69, 9.17) is 5.14 Å². The lowest BCUT2D eigenvalue weighted by Crippen LogP contribution is -2.18. The summed E-state index contributed by atoms with van der Waals surface area (Å²) in [7, 11) is -4.26. The molecule has 0 saturated heterocycles. The molecule has 3 aromatic rings. The van der Waals surface area contributed by atoms with Crippen molar-refractivity contribution in [3.05, 3.63) is 42.1 Å². The number of fused-ring (bicyclic) bond motifs is 3. The van der Waals surface area contributed by atoms with Crippen LogP contribution in [0.15, 0.2) is 36.5 Å². The molecule has 2 aromatic heterocycles. The predicted octanol–water partition coefficient (Wildman–Crippen LogP) is 1.08. The van der Waals surface area contributed by atoms with Crippen molar-refractivity contribution in [2.75, 3.05) is 0 Å². The predicted molar refractivity (Wildman–Crippen MR) is 77.3 cm³/mol. The molecule has 22 heavy (non-hydrogen) atoms. The molecule has 0 fully saturated rings. The van der Waals surface area contributed by atoms with Gasteiger partial charge in [0, 0.05) is 18.3 Å². The summed E-state index contributed by atoms with van der Waals surface area (Å²) in [6, 6.07) is 7.18. The molecular formula is C13H10N2O6S. The molecule has 0 bridgehead atoms. The molecule has 0 spiro atoms. The highest BCUT2D eigenvalue weighted by Gasteiger charge is 2.22. The van der Waals surface area contributed by atoms with E-state index in [2.05, 4.69) is 4.18 Å². The summed E-state index contributed by atoms with van der Waals surface area (Å²) >= 11 is 0. The molecule has 0 amide bonds. The van der Waals surface area contributed by atoms with E-state index >= 15 is 0 Å². The van der Waals surface area contributed by atoms with E-state index < -0.39 is 22.0 Å². The monoisotopic (exact) mass is 322 g/mol. The zero-order valence-electron chi connectivity index (χ0n) is 10.9. The Morgan fingerprint density at radius 1 is 1.23 bits per heavy atom. The number of nitrogens with zero attached hydrogens (tertiary/aromatic N) is 1. The van der Waals surface area contributed by atoms with Gasteiger partial charge in [0.1, 0.15) is 11.5 Å². The molecule has 1 aromatic carbocycles. The summed E-state index contributed by atoms with van der Waals surface area (Å²) in [5.74, 6) is -1.85. The Balaban J connectivity index is 2.44. The largest absolute Gasteiger partial charge is 0.507 e. The van der Waals surface area contributed by atoms with Crippen LogP contribution in [-0.2, 0) is 10.3 Å². The maximum absolute atomic E-state index is 11.5. The summed E-state index contributed by atoms with van der Waals surface area (Å²) in [4.78, 5) is 11.5. The van der Waals surface area contributed by atoms with Crippen molar-refractivity contribution in [2.24, 2.45) is 5.14 Å². The zero-order valence-corrected chi connectivity index (χ0v) is 11.7. The molecule has 0 aliphatic rings. The van der Waals surface area contributed by atoms with Crippen LogP contribution in [0.2, 0.25) is 0 Å². The number of phenols is 1. The minimum absolute atomic E-state index is 0.0838. The molecule has 4 N–H and O–H groups in total. The fourth-order valence-electron chi connectivity index (χ4n) is 2.42. The van der Waals surface area contributed by atoms with Crippen molar-refractivity contribution in [2.45, 2.75) is 0 Å². The standard InChI is InChI=1S/C13H10N2O6S/c14-22(19,20)21-7-5-9-11(10(16)6-7)12(13(17)18)8-3-1-2-4-15(8)9/h1-6,16H,(H,17,18)(H2,14,19,20). The van der Waals surface area contributed by atoms with Crippen molar-refractivity contribution in [1.82, 2.24) is 4.40 Å². The second-order valence-electron chi connectivity index (χ2n) is 4.55. The number of carboxylic acid groups (broad SMARTS) is 1. The van der Waals surface area contributed by atoms with Crippen LogP contribution in [0.25, 0.3) is 16.4 Å². The van der Waals surface area contributed by atoms with Gasteiger partial charge < -0.3 is 18.8 Å². The second kappa shape index (κ2) is 4.61.